The first-order valence-corrected chi connectivity index (χ1v) is 7.24. The molecule has 110 valence electrons. The van der Waals surface area contributed by atoms with Gasteiger partial charge in [-0.2, -0.15) is 0 Å². The van der Waals surface area contributed by atoms with Crippen LogP contribution in [0.5, 0.6) is 5.75 Å². The van der Waals surface area contributed by atoms with E-state index in [1.165, 1.54) is 0 Å². The molecule has 1 aromatic heterocycles. The minimum Gasteiger partial charge on any atom is -0.491 e. The number of aryl methyl sites for hydroxylation is 1. The van der Waals surface area contributed by atoms with Crippen LogP contribution in [0.4, 0.5) is 5.69 Å². The summed E-state index contributed by atoms with van der Waals surface area (Å²) in [5.41, 5.74) is 0.779. The van der Waals surface area contributed by atoms with E-state index in [1.807, 2.05) is 24.3 Å². The predicted molar refractivity (Wildman–Crippen MR) is 78.6 cm³/mol. The number of aromatic amines is 1. The van der Waals surface area contributed by atoms with Crippen molar-refractivity contribution in [3.8, 4) is 5.75 Å². The van der Waals surface area contributed by atoms with Crippen LogP contribution in [0.2, 0.25) is 0 Å². The zero-order chi connectivity index (χ0) is 14.7. The molecule has 0 atom stereocenters. The SMILES string of the molecule is CCCc1nc(C(=O)N2CCCOc3ccccc32)n[nH]1. The number of hydrogen-bond donors (Lipinski definition) is 1. The number of aromatic nitrogens is 3. The van der Waals surface area contributed by atoms with Gasteiger partial charge in [0.2, 0.25) is 5.82 Å². The average Bonchev–Trinajstić information content (AvgIpc) is 2.86. The Morgan fingerprint density at radius 2 is 2.29 bits per heavy atom. The minimum absolute atomic E-state index is 0.188. The minimum atomic E-state index is -0.188. The van der Waals surface area contributed by atoms with Gasteiger partial charge in [-0.3, -0.25) is 9.89 Å². The molecule has 0 radical (unpaired) electrons. The first-order chi connectivity index (χ1) is 10.3. The molecule has 6 nitrogen and oxygen atoms in total. The highest BCUT2D eigenvalue weighted by Crippen LogP contribution is 2.31. The van der Waals surface area contributed by atoms with Gasteiger partial charge >= 0.3 is 0 Å². The largest absolute Gasteiger partial charge is 0.491 e. The van der Waals surface area contributed by atoms with Crippen LogP contribution in [-0.4, -0.2) is 34.2 Å². The number of hydrogen-bond acceptors (Lipinski definition) is 4. The molecule has 0 saturated carbocycles. The number of anilines is 1. The molecule has 0 bridgehead atoms. The molecule has 0 unspecified atom stereocenters. The molecule has 3 rings (SSSR count). The third-order valence-corrected chi connectivity index (χ3v) is 3.39. The fourth-order valence-corrected chi connectivity index (χ4v) is 2.40. The molecular formula is C15H18N4O2. The Morgan fingerprint density at radius 3 is 3.14 bits per heavy atom. The van der Waals surface area contributed by atoms with Gasteiger partial charge in [0.15, 0.2) is 0 Å². The van der Waals surface area contributed by atoms with E-state index >= 15 is 0 Å². The summed E-state index contributed by atoms with van der Waals surface area (Å²) >= 11 is 0. The first-order valence-electron chi connectivity index (χ1n) is 7.24. The van der Waals surface area contributed by atoms with Gasteiger partial charge in [0.05, 0.1) is 12.3 Å². The predicted octanol–water partition coefficient (Wildman–Crippen LogP) is 2.19. The van der Waals surface area contributed by atoms with E-state index in [1.54, 1.807) is 4.90 Å². The Labute approximate surface area is 123 Å². The number of amides is 1. The highest BCUT2D eigenvalue weighted by Gasteiger charge is 2.25. The van der Waals surface area contributed by atoms with E-state index in [0.717, 1.165) is 36.5 Å². The average molecular weight is 286 g/mol. The third-order valence-electron chi connectivity index (χ3n) is 3.39. The maximum absolute atomic E-state index is 12.7. The van der Waals surface area contributed by atoms with Gasteiger partial charge in [-0.25, -0.2) is 4.98 Å². The van der Waals surface area contributed by atoms with Crippen molar-refractivity contribution in [2.75, 3.05) is 18.1 Å². The highest BCUT2D eigenvalue weighted by atomic mass is 16.5. The second-order valence-corrected chi connectivity index (χ2v) is 4.98. The number of fused-ring (bicyclic) bond motifs is 1. The summed E-state index contributed by atoms with van der Waals surface area (Å²) in [4.78, 5) is 18.6. The summed E-state index contributed by atoms with van der Waals surface area (Å²) in [7, 11) is 0. The van der Waals surface area contributed by atoms with Gasteiger partial charge in [0.25, 0.3) is 5.91 Å². The molecule has 0 saturated heterocycles. The third kappa shape index (κ3) is 2.74. The summed E-state index contributed by atoms with van der Waals surface area (Å²) in [5, 5.41) is 6.87. The monoisotopic (exact) mass is 286 g/mol. The lowest BCUT2D eigenvalue weighted by atomic mass is 10.2. The number of para-hydroxylation sites is 2. The number of nitrogens with one attached hydrogen (secondary N) is 1. The molecule has 0 aliphatic carbocycles. The molecule has 2 aromatic rings. The van der Waals surface area contributed by atoms with Crippen molar-refractivity contribution in [1.29, 1.82) is 0 Å². The van der Waals surface area contributed by atoms with Gasteiger partial charge in [-0.15, -0.1) is 5.10 Å². The second kappa shape index (κ2) is 5.95. The van der Waals surface area contributed by atoms with Crippen LogP contribution in [0.1, 0.15) is 36.2 Å². The molecule has 1 aliphatic rings. The Morgan fingerprint density at radius 1 is 1.43 bits per heavy atom. The van der Waals surface area contributed by atoms with E-state index in [2.05, 4.69) is 22.1 Å². The highest BCUT2D eigenvalue weighted by molar-refractivity contribution is 6.04. The van der Waals surface area contributed by atoms with Gasteiger partial charge < -0.3 is 9.64 Å². The normalized spacial score (nSPS) is 14.2. The Balaban J connectivity index is 1.89. The summed E-state index contributed by atoms with van der Waals surface area (Å²) in [6.45, 7) is 3.27. The fourth-order valence-electron chi connectivity index (χ4n) is 2.40. The molecule has 1 aliphatic heterocycles. The number of carbonyl (C=O) groups excluding carboxylic acids is 1. The molecule has 1 amide bonds. The molecule has 0 spiro atoms. The van der Waals surface area contributed by atoms with Crippen molar-refractivity contribution in [3.05, 3.63) is 35.9 Å². The Hall–Kier alpha value is -2.37. The number of nitrogens with zero attached hydrogens (tertiary/aromatic N) is 3. The first kappa shape index (κ1) is 13.6. The molecule has 1 aromatic carbocycles. The summed E-state index contributed by atoms with van der Waals surface area (Å²) < 4.78 is 5.67. The van der Waals surface area contributed by atoms with Gasteiger partial charge in [0.1, 0.15) is 11.6 Å². The van der Waals surface area contributed by atoms with E-state index < -0.39 is 0 Å². The lowest BCUT2D eigenvalue weighted by molar-refractivity contribution is 0.0977. The molecule has 0 fully saturated rings. The van der Waals surface area contributed by atoms with E-state index in [4.69, 9.17) is 4.74 Å². The van der Waals surface area contributed by atoms with Crippen LogP contribution in [0.25, 0.3) is 0 Å². The van der Waals surface area contributed by atoms with Crippen molar-refractivity contribution in [2.45, 2.75) is 26.2 Å². The zero-order valence-corrected chi connectivity index (χ0v) is 12.0. The topological polar surface area (TPSA) is 71.1 Å². The van der Waals surface area contributed by atoms with E-state index in [-0.39, 0.29) is 11.7 Å². The quantitative estimate of drug-likeness (QED) is 0.938. The summed E-state index contributed by atoms with van der Waals surface area (Å²) in [6, 6.07) is 7.56. The van der Waals surface area contributed by atoms with Crippen LogP contribution >= 0.6 is 0 Å². The number of benzene rings is 1. The number of H-pyrrole nitrogens is 1. The fraction of sp³-hybridized carbons (Fsp3) is 0.400. The van der Waals surface area contributed by atoms with Crippen LogP contribution in [0.3, 0.4) is 0 Å². The molecule has 6 heteroatoms. The molecule has 2 heterocycles. The van der Waals surface area contributed by atoms with Crippen LogP contribution in [0, 0.1) is 0 Å². The zero-order valence-electron chi connectivity index (χ0n) is 12.0. The lowest BCUT2D eigenvalue weighted by Gasteiger charge is -2.19. The molecular weight excluding hydrogens is 268 g/mol. The van der Waals surface area contributed by atoms with Gasteiger partial charge in [-0.1, -0.05) is 19.1 Å². The van der Waals surface area contributed by atoms with Crippen molar-refractivity contribution in [3.63, 3.8) is 0 Å². The van der Waals surface area contributed by atoms with Crippen molar-refractivity contribution in [1.82, 2.24) is 15.2 Å². The molecule has 21 heavy (non-hydrogen) atoms. The number of rotatable bonds is 3. The van der Waals surface area contributed by atoms with Gasteiger partial charge in [0, 0.05) is 13.0 Å². The standard InChI is InChI=1S/C15H18N4O2/c1-2-6-13-16-14(18-17-13)15(20)19-9-5-10-21-12-8-4-3-7-11(12)19/h3-4,7-8H,2,5-6,9-10H2,1H3,(H,16,17,18). The lowest BCUT2D eigenvalue weighted by Crippen LogP contribution is -2.32. The van der Waals surface area contributed by atoms with Crippen LogP contribution < -0.4 is 9.64 Å². The van der Waals surface area contributed by atoms with Crippen LogP contribution in [-0.2, 0) is 6.42 Å². The van der Waals surface area contributed by atoms with E-state index in [0.29, 0.717) is 13.2 Å². The number of carbonyl (C=O) groups is 1. The summed E-state index contributed by atoms with van der Waals surface area (Å²) in [6.07, 6.45) is 2.54. The smallest absolute Gasteiger partial charge is 0.298 e. The van der Waals surface area contributed by atoms with Crippen LogP contribution in [0.15, 0.2) is 24.3 Å². The molecule has 1 N–H and O–H groups in total. The van der Waals surface area contributed by atoms with Gasteiger partial charge in [-0.05, 0) is 25.0 Å². The second-order valence-electron chi connectivity index (χ2n) is 4.98. The maximum atomic E-state index is 12.7. The summed E-state index contributed by atoms with van der Waals surface area (Å²) in [5.74, 6) is 1.51. The maximum Gasteiger partial charge on any atom is 0.298 e. The van der Waals surface area contributed by atoms with Crippen molar-refractivity contribution >= 4 is 11.6 Å². The Kier molecular flexibility index (Phi) is 3.85. The van der Waals surface area contributed by atoms with Crippen molar-refractivity contribution in [2.24, 2.45) is 0 Å². The Bertz CT molecular complexity index is 638. The van der Waals surface area contributed by atoms with E-state index in [9.17, 15) is 4.79 Å². The number of ether oxygens (including phenoxy) is 1. The van der Waals surface area contributed by atoms with Crippen molar-refractivity contribution < 1.29 is 9.53 Å².